The Balaban J connectivity index is 1.28. The van der Waals surface area contributed by atoms with E-state index >= 15 is 0 Å². The van der Waals surface area contributed by atoms with Crippen molar-refractivity contribution in [3.63, 3.8) is 0 Å². The molecular formula is C20H26N2O3. The van der Waals surface area contributed by atoms with Crippen LogP contribution in [0.2, 0.25) is 0 Å². The van der Waals surface area contributed by atoms with E-state index in [1.807, 2.05) is 24.2 Å². The summed E-state index contributed by atoms with van der Waals surface area (Å²) in [5.41, 5.74) is 2.08. The number of carbonyl (C=O) groups is 1. The number of rotatable bonds is 4. The van der Waals surface area contributed by atoms with Crippen molar-refractivity contribution >= 4 is 5.91 Å². The van der Waals surface area contributed by atoms with Crippen molar-refractivity contribution in [2.45, 2.75) is 50.9 Å². The van der Waals surface area contributed by atoms with Gasteiger partial charge in [0.15, 0.2) is 0 Å². The number of aryl methyl sites for hydroxylation is 1. The highest BCUT2D eigenvalue weighted by Crippen LogP contribution is 2.37. The molecule has 1 aromatic heterocycles. The molecule has 0 radical (unpaired) electrons. The van der Waals surface area contributed by atoms with E-state index in [9.17, 15) is 4.79 Å². The Kier molecular flexibility index (Phi) is 4.61. The van der Waals surface area contributed by atoms with Gasteiger partial charge in [0.05, 0.1) is 25.8 Å². The zero-order chi connectivity index (χ0) is 17.3. The molecule has 25 heavy (non-hydrogen) atoms. The number of hydrogen-bond acceptors (Lipinski definition) is 4. The molecule has 1 amide bonds. The van der Waals surface area contributed by atoms with Gasteiger partial charge in [-0.2, -0.15) is 0 Å². The zero-order valence-electron chi connectivity index (χ0n) is 14.8. The van der Waals surface area contributed by atoms with Gasteiger partial charge in [0, 0.05) is 31.3 Å². The molecule has 3 aliphatic rings. The Hall–Kier alpha value is -1.72. The summed E-state index contributed by atoms with van der Waals surface area (Å²) in [6.45, 7) is 4.78. The van der Waals surface area contributed by atoms with Crippen molar-refractivity contribution in [1.29, 1.82) is 0 Å². The summed E-state index contributed by atoms with van der Waals surface area (Å²) in [6.07, 6.45) is 11.7. The molecule has 3 heterocycles. The molecule has 1 spiro atoms. The smallest absolute Gasteiger partial charge is 0.226 e. The highest BCUT2D eigenvalue weighted by Gasteiger charge is 2.50. The molecule has 0 N–H and O–H groups in total. The maximum atomic E-state index is 12.5. The Bertz CT molecular complexity index is 659. The summed E-state index contributed by atoms with van der Waals surface area (Å²) in [4.78, 5) is 18.6. The fourth-order valence-corrected chi connectivity index (χ4v) is 4.14. The number of pyridine rings is 1. The van der Waals surface area contributed by atoms with Crippen LogP contribution in [-0.2, 0) is 20.9 Å². The standard InChI is InChI=1S/C20H26N2O3/c1-15-8-16(11-21-10-15)12-24-18-6-7-25-20(9-18)13-22(14-20)19(23)17-4-2-3-5-17/h2-3,8,10-11,17-18H,4-7,9,12-14H2,1H3. The molecule has 2 aliphatic heterocycles. The second kappa shape index (κ2) is 6.89. The van der Waals surface area contributed by atoms with Crippen LogP contribution in [0.1, 0.15) is 36.8 Å². The van der Waals surface area contributed by atoms with Crippen LogP contribution < -0.4 is 0 Å². The number of amides is 1. The number of nitrogens with zero attached hydrogens (tertiary/aromatic N) is 2. The lowest BCUT2D eigenvalue weighted by atomic mass is 9.83. The van der Waals surface area contributed by atoms with Crippen molar-refractivity contribution in [3.05, 3.63) is 41.7 Å². The summed E-state index contributed by atoms with van der Waals surface area (Å²) >= 11 is 0. The van der Waals surface area contributed by atoms with Crippen LogP contribution in [-0.4, -0.2) is 47.2 Å². The van der Waals surface area contributed by atoms with Gasteiger partial charge in [-0.1, -0.05) is 18.2 Å². The van der Waals surface area contributed by atoms with E-state index in [1.54, 1.807) is 0 Å². The second-order valence-electron chi connectivity index (χ2n) is 7.66. The normalized spacial score (nSPS) is 25.3. The molecule has 1 aliphatic carbocycles. The SMILES string of the molecule is Cc1cncc(COC2CCOC3(C2)CN(C(=O)C2CC=CC2)C3)c1. The fourth-order valence-electron chi connectivity index (χ4n) is 4.14. The van der Waals surface area contributed by atoms with Crippen LogP contribution in [0.4, 0.5) is 0 Å². The molecule has 5 heteroatoms. The van der Waals surface area contributed by atoms with E-state index < -0.39 is 0 Å². The summed E-state index contributed by atoms with van der Waals surface area (Å²) in [5.74, 6) is 0.440. The van der Waals surface area contributed by atoms with E-state index in [1.165, 1.54) is 0 Å². The van der Waals surface area contributed by atoms with Crippen molar-refractivity contribution < 1.29 is 14.3 Å². The molecule has 0 saturated carbocycles. The van der Waals surface area contributed by atoms with Crippen molar-refractivity contribution in [2.75, 3.05) is 19.7 Å². The molecule has 1 aromatic rings. The summed E-state index contributed by atoms with van der Waals surface area (Å²) < 4.78 is 12.2. The van der Waals surface area contributed by atoms with Crippen LogP contribution in [0.5, 0.6) is 0 Å². The van der Waals surface area contributed by atoms with Gasteiger partial charge in [-0.15, -0.1) is 0 Å². The van der Waals surface area contributed by atoms with Crippen LogP contribution in [0.3, 0.4) is 0 Å². The predicted octanol–water partition coefficient (Wildman–Crippen LogP) is 2.63. The molecule has 2 fully saturated rings. The minimum Gasteiger partial charge on any atom is -0.373 e. The first-order chi connectivity index (χ1) is 12.1. The van der Waals surface area contributed by atoms with Gasteiger partial charge in [-0.25, -0.2) is 0 Å². The molecular weight excluding hydrogens is 316 g/mol. The van der Waals surface area contributed by atoms with E-state index in [0.717, 1.165) is 36.8 Å². The first-order valence-corrected chi connectivity index (χ1v) is 9.23. The van der Waals surface area contributed by atoms with Crippen LogP contribution in [0.25, 0.3) is 0 Å². The minimum absolute atomic E-state index is 0.154. The average molecular weight is 342 g/mol. The molecule has 5 nitrogen and oxygen atoms in total. The fraction of sp³-hybridized carbons (Fsp3) is 0.600. The monoisotopic (exact) mass is 342 g/mol. The maximum absolute atomic E-state index is 12.5. The van der Waals surface area contributed by atoms with Crippen LogP contribution in [0, 0.1) is 12.8 Å². The topological polar surface area (TPSA) is 51.7 Å². The van der Waals surface area contributed by atoms with E-state index in [2.05, 4.69) is 23.2 Å². The van der Waals surface area contributed by atoms with Gasteiger partial charge in [0.25, 0.3) is 0 Å². The number of likely N-dealkylation sites (tertiary alicyclic amines) is 1. The highest BCUT2D eigenvalue weighted by atomic mass is 16.5. The van der Waals surface area contributed by atoms with E-state index in [-0.39, 0.29) is 23.5 Å². The van der Waals surface area contributed by atoms with Gasteiger partial charge in [0.2, 0.25) is 5.91 Å². The quantitative estimate of drug-likeness (QED) is 0.790. The van der Waals surface area contributed by atoms with Crippen LogP contribution >= 0.6 is 0 Å². The van der Waals surface area contributed by atoms with E-state index in [4.69, 9.17) is 9.47 Å². The van der Waals surface area contributed by atoms with Crippen molar-refractivity contribution in [2.24, 2.45) is 5.92 Å². The molecule has 0 aromatic carbocycles. The number of carbonyl (C=O) groups excluding carboxylic acids is 1. The third-order valence-electron chi connectivity index (χ3n) is 5.49. The Morgan fingerprint density at radius 2 is 2.16 bits per heavy atom. The Labute approximate surface area is 149 Å². The summed E-state index contributed by atoms with van der Waals surface area (Å²) in [5, 5.41) is 0. The third kappa shape index (κ3) is 3.62. The first kappa shape index (κ1) is 16.7. The molecule has 2 saturated heterocycles. The number of aromatic nitrogens is 1. The number of hydrogen-bond donors (Lipinski definition) is 0. The average Bonchev–Trinajstić information content (AvgIpc) is 3.12. The van der Waals surface area contributed by atoms with E-state index in [0.29, 0.717) is 26.3 Å². The molecule has 1 unspecified atom stereocenters. The lowest BCUT2D eigenvalue weighted by Gasteiger charge is -2.53. The van der Waals surface area contributed by atoms with Crippen LogP contribution in [0.15, 0.2) is 30.6 Å². The van der Waals surface area contributed by atoms with Gasteiger partial charge in [0.1, 0.15) is 5.60 Å². The third-order valence-corrected chi connectivity index (χ3v) is 5.49. The molecule has 134 valence electrons. The molecule has 4 rings (SSSR count). The minimum atomic E-state index is -0.185. The number of ether oxygens (including phenoxy) is 2. The second-order valence-corrected chi connectivity index (χ2v) is 7.66. The largest absolute Gasteiger partial charge is 0.373 e. The van der Waals surface area contributed by atoms with Gasteiger partial charge in [-0.05, 0) is 37.3 Å². The highest BCUT2D eigenvalue weighted by molar-refractivity contribution is 5.80. The molecule has 1 atom stereocenters. The van der Waals surface area contributed by atoms with Crippen molar-refractivity contribution in [3.8, 4) is 0 Å². The summed E-state index contributed by atoms with van der Waals surface area (Å²) in [6, 6.07) is 2.11. The predicted molar refractivity (Wildman–Crippen MR) is 93.9 cm³/mol. The summed E-state index contributed by atoms with van der Waals surface area (Å²) in [7, 11) is 0. The van der Waals surface area contributed by atoms with Crippen molar-refractivity contribution in [1.82, 2.24) is 9.88 Å². The molecule has 0 bridgehead atoms. The van der Waals surface area contributed by atoms with Gasteiger partial charge in [-0.3, -0.25) is 9.78 Å². The Morgan fingerprint density at radius 1 is 1.36 bits per heavy atom. The number of allylic oxidation sites excluding steroid dienone is 2. The lowest BCUT2D eigenvalue weighted by molar-refractivity contribution is -0.204. The zero-order valence-corrected chi connectivity index (χ0v) is 14.8. The van der Waals surface area contributed by atoms with Gasteiger partial charge < -0.3 is 14.4 Å². The Morgan fingerprint density at radius 3 is 2.92 bits per heavy atom. The first-order valence-electron chi connectivity index (χ1n) is 9.23. The van der Waals surface area contributed by atoms with Gasteiger partial charge >= 0.3 is 0 Å². The lowest BCUT2D eigenvalue weighted by Crippen LogP contribution is -2.68. The maximum Gasteiger partial charge on any atom is 0.226 e.